The van der Waals surface area contributed by atoms with Gasteiger partial charge >= 0.3 is 0 Å². The molecule has 0 saturated carbocycles. The van der Waals surface area contributed by atoms with Crippen LogP contribution in [0.3, 0.4) is 0 Å². The lowest BCUT2D eigenvalue weighted by Gasteiger charge is -2.39. The summed E-state index contributed by atoms with van der Waals surface area (Å²) >= 11 is 0. The van der Waals surface area contributed by atoms with Gasteiger partial charge < -0.3 is 20.6 Å². The molecule has 1 atom stereocenters. The SMILES string of the molecule is CC(=O)N1CC(Nc2cc(C(=O)NC[C@H](O)CN3CCc4[nH]ncc4C3)ncn2)C1. The molecule has 2 amide bonds. The second-order valence-electron chi connectivity index (χ2n) is 7.78. The van der Waals surface area contributed by atoms with Gasteiger partial charge in [-0.25, -0.2) is 9.97 Å². The van der Waals surface area contributed by atoms with Crippen LogP contribution in [0.1, 0.15) is 28.7 Å². The molecule has 0 aliphatic carbocycles. The molecule has 0 bridgehead atoms. The number of carbonyl (C=O) groups is 2. The number of anilines is 1. The fourth-order valence-corrected chi connectivity index (χ4v) is 3.70. The summed E-state index contributed by atoms with van der Waals surface area (Å²) in [7, 11) is 0. The van der Waals surface area contributed by atoms with Gasteiger partial charge in [0.15, 0.2) is 0 Å². The zero-order valence-corrected chi connectivity index (χ0v) is 16.8. The lowest BCUT2D eigenvalue weighted by molar-refractivity contribution is -0.132. The molecule has 2 aliphatic heterocycles. The van der Waals surface area contributed by atoms with Crippen LogP contribution in [0.25, 0.3) is 0 Å². The van der Waals surface area contributed by atoms with Crippen LogP contribution in [0.4, 0.5) is 5.82 Å². The van der Waals surface area contributed by atoms with Gasteiger partial charge in [0.1, 0.15) is 17.8 Å². The van der Waals surface area contributed by atoms with Gasteiger partial charge in [0.2, 0.25) is 5.91 Å². The Morgan fingerprint density at radius 2 is 2.20 bits per heavy atom. The second kappa shape index (κ2) is 8.76. The summed E-state index contributed by atoms with van der Waals surface area (Å²) in [5.41, 5.74) is 2.53. The van der Waals surface area contributed by atoms with E-state index in [9.17, 15) is 14.7 Å². The average molecular weight is 414 g/mol. The molecule has 4 N–H and O–H groups in total. The standard InChI is InChI=1S/C19H26N8O3/c1-12(28)27-8-14(9-27)24-18-4-17(21-11-22-18)19(30)20-6-15(29)10-26-3-2-16-13(7-26)5-23-25-16/h4-5,11,14-15,29H,2-3,6-10H2,1H3,(H,20,30)(H,23,25)(H,21,22,24)/t15-/m0/s1. The number of aliphatic hydroxyl groups excluding tert-OH is 1. The summed E-state index contributed by atoms with van der Waals surface area (Å²) < 4.78 is 0. The highest BCUT2D eigenvalue weighted by atomic mass is 16.3. The number of likely N-dealkylation sites (tertiary alicyclic amines) is 1. The zero-order valence-electron chi connectivity index (χ0n) is 16.8. The van der Waals surface area contributed by atoms with Crippen molar-refractivity contribution in [2.24, 2.45) is 0 Å². The number of aromatic nitrogens is 4. The van der Waals surface area contributed by atoms with Crippen LogP contribution in [0.2, 0.25) is 0 Å². The Kier molecular flexibility index (Phi) is 5.91. The number of nitrogens with one attached hydrogen (secondary N) is 3. The van der Waals surface area contributed by atoms with Crippen molar-refractivity contribution in [3.8, 4) is 0 Å². The first kappa shape index (κ1) is 20.2. The van der Waals surface area contributed by atoms with E-state index in [-0.39, 0.29) is 30.1 Å². The summed E-state index contributed by atoms with van der Waals surface area (Å²) in [6.45, 7) is 4.95. The van der Waals surface area contributed by atoms with Crippen LogP contribution in [0.15, 0.2) is 18.6 Å². The Morgan fingerprint density at radius 1 is 1.37 bits per heavy atom. The number of aromatic amines is 1. The third kappa shape index (κ3) is 4.74. The summed E-state index contributed by atoms with van der Waals surface area (Å²) in [5.74, 6) is 0.214. The predicted octanol–water partition coefficient (Wildman–Crippen LogP) is -1.01. The number of nitrogens with zero attached hydrogens (tertiary/aromatic N) is 5. The number of rotatable bonds is 7. The third-order valence-electron chi connectivity index (χ3n) is 5.43. The predicted molar refractivity (Wildman–Crippen MR) is 108 cm³/mol. The molecule has 0 spiro atoms. The van der Waals surface area contributed by atoms with Crippen LogP contribution >= 0.6 is 0 Å². The van der Waals surface area contributed by atoms with E-state index in [1.54, 1.807) is 11.0 Å². The Morgan fingerprint density at radius 3 is 3.00 bits per heavy atom. The van der Waals surface area contributed by atoms with E-state index < -0.39 is 6.10 Å². The Balaban J connectivity index is 1.22. The van der Waals surface area contributed by atoms with Crippen LogP contribution in [0.5, 0.6) is 0 Å². The van der Waals surface area contributed by atoms with Crippen LogP contribution in [-0.2, 0) is 17.8 Å². The number of H-pyrrole nitrogens is 1. The fraction of sp³-hybridized carbons (Fsp3) is 0.526. The molecule has 160 valence electrons. The minimum absolute atomic E-state index is 0.0455. The van der Waals surface area contributed by atoms with Gasteiger partial charge in [-0.2, -0.15) is 5.10 Å². The van der Waals surface area contributed by atoms with E-state index in [1.165, 1.54) is 13.3 Å². The zero-order chi connectivity index (χ0) is 21.1. The van der Waals surface area contributed by atoms with E-state index in [0.717, 1.165) is 30.8 Å². The monoisotopic (exact) mass is 414 g/mol. The average Bonchev–Trinajstić information content (AvgIpc) is 3.16. The first-order valence-corrected chi connectivity index (χ1v) is 10.0. The highest BCUT2D eigenvalue weighted by Gasteiger charge is 2.28. The minimum Gasteiger partial charge on any atom is -0.390 e. The van der Waals surface area contributed by atoms with E-state index in [2.05, 4.69) is 35.7 Å². The molecule has 2 aliphatic rings. The van der Waals surface area contributed by atoms with Crippen molar-refractivity contribution in [1.82, 2.24) is 35.3 Å². The molecule has 0 aromatic carbocycles. The summed E-state index contributed by atoms with van der Waals surface area (Å²) in [5, 5.41) is 23.3. The maximum atomic E-state index is 12.4. The molecular weight excluding hydrogens is 388 g/mol. The van der Waals surface area contributed by atoms with Gasteiger partial charge in [-0.15, -0.1) is 0 Å². The van der Waals surface area contributed by atoms with E-state index in [1.807, 2.05) is 6.20 Å². The first-order valence-electron chi connectivity index (χ1n) is 10.0. The smallest absolute Gasteiger partial charge is 0.270 e. The lowest BCUT2D eigenvalue weighted by Crippen LogP contribution is -2.56. The number of hydrogen-bond donors (Lipinski definition) is 4. The topological polar surface area (TPSA) is 139 Å². The van der Waals surface area contributed by atoms with Crippen molar-refractivity contribution in [2.45, 2.75) is 32.0 Å². The lowest BCUT2D eigenvalue weighted by atomic mass is 10.1. The van der Waals surface area contributed by atoms with Crippen molar-refractivity contribution in [3.63, 3.8) is 0 Å². The summed E-state index contributed by atoms with van der Waals surface area (Å²) in [6, 6.07) is 1.69. The number of β-amino-alcohol motifs (C(OH)–C–C–N with tert-alkyl or cyclic N) is 1. The van der Waals surface area contributed by atoms with Gasteiger partial charge in [0.05, 0.1) is 18.3 Å². The highest BCUT2D eigenvalue weighted by Crippen LogP contribution is 2.16. The fourth-order valence-electron chi connectivity index (χ4n) is 3.70. The van der Waals surface area contributed by atoms with Crippen LogP contribution in [-0.4, -0.2) is 91.8 Å². The summed E-state index contributed by atoms with van der Waals surface area (Å²) in [6.07, 6.45) is 3.33. The Bertz CT molecular complexity index is 911. The van der Waals surface area contributed by atoms with Gasteiger partial charge in [0, 0.05) is 69.9 Å². The second-order valence-corrected chi connectivity index (χ2v) is 7.78. The van der Waals surface area contributed by atoms with Crippen LogP contribution in [0, 0.1) is 0 Å². The van der Waals surface area contributed by atoms with Gasteiger partial charge in [-0.1, -0.05) is 0 Å². The maximum absolute atomic E-state index is 12.4. The Labute approximate surface area is 173 Å². The number of carbonyl (C=O) groups excluding carboxylic acids is 2. The van der Waals surface area contributed by atoms with Gasteiger partial charge in [-0.05, 0) is 0 Å². The first-order chi connectivity index (χ1) is 14.5. The highest BCUT2D eigenvalue weighted by molar-refractivity contribution is 5.92. The molecule has 11 heteroatoms. The van der Waals surface area contributed by atoms with E-state index in [4.69, 9.17) is 0 Å². The molecule has 0 unspecified atom stereocenters. The van der Waals surface area contributed by atoms with Crippen molar-refractivity contribution in [1.29, 1.82) is 0 Å². The van der Waals surface area contributed by atoms with Gasteiger partial charge in [0.25, 0.3) is 5.91 Å². The molecule has 2 aromatic rings. The molecule has 11 nitrogen and oxygen atoms in total. The molecule has 2 aromatic heterocycles. The third-order valence-corrected chi connectivity index (χ3v) is 5.43. The van der Waals surface area contributed by atoms with E-state index >= 15 is 0 Å². The molecular formula is C19H26N8O3. The summed E-state index contributed by atoms with van der Waals surface area (Å²) in [4.78, 5) is 35.7. The molecule has 1 fully saturated rings. The Hall–Kier alpha value is -3.05. The molecule has 30 heavy (non-hydrogen) atoms. The molecule has 0 radical (unpaired) electrons. The van der Waals surface area contributed by atoms with Crippen molar-refractivity contribution in [3.05, 3.63) is 35.5 Å². The van der Waals surface area contributed by atoms with Crippen LogP contribution < -0.4 is 10.6 Å². The number of hydrogen-bond acceptors (Lipinski definition) is 8. The van der Waals surface area contributed by atoms with Crippen molar-refractivity contribution in [2.75, 3.05) is 38.0 Å². The molecule has 4 rings (SSSR count). The number of fused-ring (bicyclic) bond motifs is 1. The molecule has 4 heterocycles. The van der Waals surface area contributed by atoms with Crippen molar-refractivity contribution >= 4 is 17.6 Å². The number of amides is 2. The largest absolute Gasteiger partial charge is 0.390 e. The number of aliphatic hydroxyl groups is 1. The quantitative estimate of drug-likeness (QED) is 0.452. The van der Waals surface area contributed by atoms with Crippen molar-refractivity contribution < 1.29 is 14.7 Å². The minimum atomic E-state index is -0.686. The molecule has 1 saturated heterocycles. The van der Waals surface area contributed by atoms with E-state index in [0.29, 0.717) is 25.5 Å². The normalized spacial score (nSPS) is 17.7. The van der Waals surface area contributed by atoms with Gasteiger partial charge in [-0.3, -0.25) is 19.6 Å². The maximum Gasteiger partial charge on any atom is 0.270 e.